The molecular weight excluding hydrogens is 304 g/mol. The van der Waals surface area contributed by atoms with E-state index >= 15 is 0 Å². The predicted molar refractivity (Wildman–Crippen MR) is 98.0 cm³/mol. The first kappa shape index (κ1) is 16.5. The Morgan fingerprint density at radius 2 is 2.09 bits per heavy atom. The van der Waals surface area contributed by atoms with Crippen LogP contribution in [0.15, 0.2) is 29.6 Å². The van der Waals surface area contributed by atoms with Gasteiger partial charge in [-0.15, -0.1) is 11.3 Å². The van der Waals surface area contributed by atoms with Crippen molar-refractivity contribution in [2.24, 2.45) is 5.92 Å². The fraction of sp³-hybridized carbons (Fsp3) is 0.526. The van der Waals surface area contributed by atoms with Crippen molar-refractivity contribution in [1.82, 2.24) is 10.2 Å². The zero-order valence-corrected chi connectivity index (χ0v) is 14.7. The molecule has 0 aliphatic carbocycles. The average molecular weight is 330 g/mol. The van der Waals surface area contributed by atoms with Crippen LogP contribution in [0.4, 0.5) is 0 Å². The van der Waals surface area contributed by atoms with Crippen molar-refractivity contribution in [1.29, 1.82) is 0 Å². The normalized spacial score (nSPS) is 16.1. The number of amides is 1. The highest BCUT2D eigenvalue weighted by Crippen LogP contribution is 2.27. The number of hydrogen-bond donors (Lipinski definition) is 1. The highest BCUT2D eigenvalue weighted by molar-refractivity contribution is 7.17. The molecule has 0 atom stereocenters. The number of piperidine rings is 1. The van der Waals surface area contributed by atoms with E-state index in [9.17, 15) is 4.79 Å². The summed E-state index contributed by atoms with van der Waals surface area (Å²) in [7, 11) is 2.01. The summed E-state index contributed by atoms with van der Waals surface area (Å²) in [6, 6.07) is 8.54. The average Bonchev–Trinajstić information content (AvgIpc) is 2.99. The van der Waals surface area contributed by atoms with Crippen LogP contribution < -0.4 is 5.32 Å². The summed E-state index contributed by atoms with van der Waals surface area (Å²) in [5.74, 6) is 1.08. The molecule has 1 N–H and O–H groups in total. The van der Waals surface area contributed by atoms with Crippen molar-refractivity contribution in [2.45, 2.75) is 32.1 Å². The number of aryl methyl sites for hydroxylation is 1. The number of thiophene rings is 1. The maximum atomic E-state index is 12.4. The summed E-state index contributed by atoms with van der Waals surface area (Å²) >= 11 is 1.80. The van der Waals surface area contributed by atoms with E-state index in [-0.39, 0.29) is 0 Å². The van der Waals surface area contributed by atoms with Crippen LogP contribution in [-0.2, 0) is 11.2 Å². The van der Waals surface area contributed by atoms with Gasteiger partial charge in [0.15, 0.2) is 0 Å². The molecule has 23 heavy (non-hydrogen) atoms. The lowest BCUT2D eigenvalue weighted by atomic mass is 9.96. The van der Waals surface area contributed by atoms with Crippen molar-refractivity contribution in [3.05, 3.63) is 35.2 Å². The van der Waals surface area contributed by atoms with E-state index in [2.05, 4.69) is 39.9 Å². The van der Waals surface area contributed by atoms with E-state index in [1.807, 2.05) is 7.05 Å². The largest absolute Gasteiger partial charge is 0.343 e. The van der Waals surface area contributed by atoms with E-state index in [4.69, 9.17) is 0 Å². The Kier molecular flexibility index (Phi) is 5.68. The summed E-state index contributed by atoms with van der Waals surface area (Å²) in [5, 5.41) is 6.85. The molecular formula is C19H26N2OS. The third-order valence-corrected chi connectivity index (χ3v) is 5.87. The zero-order chi connectivity index (χ0) is 16.1. The SMILES string of the molecule is CNCC1CCN(C(=O)CCCc2csc3ccccc23)CC1. The summed E-state index contributed by atoms with van der Waals surface area (Å²) in [6.07, 6.45) is 4.92. The number of likely N-dealkylation sites (tertiary alicyclic amines) is 1. The van der Waals surface area contributed by atoms with Crippen LogP contribution >= 0.6 is 11.3 Å². The lowest BCUT2D eigenvalue weighted by Crippen LogP contribution is -2.40. The topological polar surface area (TPSA) is 32.3 Å². The van der Waals surface area contributed by atoms with Crippen LogP contribution in [0.2, 0.25) is 0 Å². The van der Waals surface area contributed by atoms with Gasteiger partial charge in [0, 0.05) is 24.2 Å². The number of hydrogen-bond acceptors (Lipinski definition) is 3. The van der Waals surface area contributed by atoms with Gasteiger partial charge in [0.05, 0.1) is 0 Å². The van der Waals surface area contributed by atoms with Gasteiger partial charge in [0.1, 0.15) is 0 Å². The van der Waals surface area contributed by atoms with Crippen LogP contribution in [0.1, 0.15) is 31.2 Å². The lowest BCUT2D eigenvalue weighted by molar-refractivity contribution is -0.132. The molecule has 1 aliphatic rings. The maximum Gasteiger partial charge on any atom is 0.222 e. The summed E-state index contributed by atoms with van der Waals surface area (Å²) in [5.41, 5.74) is 1.39. The van der Waals surface area contributed by atoms with Crippen molar-refractivity contribution in [2.75, 3.05) is 26.7 Å². The van der Waals surface area contributed by atoms with E-state index < -0.39 is 0 Å². The van der Waals surface area contributed by atoms with Gasteiger partial charge in [-0.05, 0) is 67.6 Å². The predicted octanol–water partition coefficient (Wildman–Crippen LogP) is 3.68. The molecule has 3 rings (SSSR count). The minimum absolute atomic E-state index is 0.340. The number of fused-ring (bicyclic) bond motifs is 1. The number of rotatable bonds is 6. The molecule has 1 aromatic heterocycles. The number of nitrogens with one attached hydrogen (secondary N) is 1. The quantitative estimate of drug-likeness (QED) is 0.876. The molecule has 124 valence electrons. The number of carbonyl (C=O) groups is 1. The molecule has 1 aromatic carbocycles. The Balaban J connectivity index is 1.45. The molecule has 1 aliphatic heterocycles. The van der Waals surface area contributed by atoms with Crippen molar-refractivity contribution in [3.8, 4) is 0 Å². The summed E-state index contributed by atoms with van der Waals surface area (Å²) < 4.78 is 1.35. The van der Waals surface area contributed by atoms with Gasteiger partial charge in [-0.25, -0.2) is 0 Å². The summed E-state index contributed by atoms with van der Waals surface area (Å²) in [4.78, 5) is 14.4. The van der Waals surface area contributed by atoms with Crippen LogP contribution in [-0.4, -0.2) is 37.5 Å². The Hall–Kier alpha value is -1.39. The molecule has 1 amide bonds. The minimum Gasteiger partial charge on any atom is -0.343 e. The van der Waals surface area contributed by atoms with Crippen LogP contribution in [0.3, 0.4) is 0 Å². The second-order valence-electron chi connectivity index (χ2n) is 6.49. The second kappa shape index (κ2) is 7.93. The molecule has 4 heteroatoms. The first-order chi connectivity index (χ1) is 11.3. The Morgan fingerprint density at radius 3 is 2.87 bits per heavy atom. The number of carbonyl (C=O) groups excluding carboxylic acids is 1. The molecule has 0 unspecified atom stereocenters. The second-order valence-corrected chi connectivity index (χ2v) is 7.40. The molecule has 0 radical (unpaired) electrons. The van der Waals surface area contributed by atoms with E-state index in [1.54, 1.807) is 11.3 Å². The number of benzene rings is 1. The third kappa shape index (κ3) is 4.12. The van der Waals surface area contributed by atoms with Crippen LogP contribution in [0, 0.1) is 5.92 Å². The molecule has 0 saturated carbocycles. The third-order valence-electron chi connectivity index (χ3n) is 4.86. The van der Waals surface area contributed by atoms with Crippen LogP contribution in [0.5, 0.6) is 0 Å². The fourth-order valence-corrected chi connectivity index (χ4v) is 4.49. The van der Waals surface area contributed by atoms with Crippen molar-refractivity contribution in [3.63, 3.8) is 0 Å². The smallest absolute Gasteiger partial charge is 0.222 e. The van der Waals surface area contributed by atoms with Gasteiger partial charge < -0.3 is 10.2 Å². The van der Waals surface area contributed by atoms with Gasteiger partial charge in [-0.3, -0.25) is 4.79 Å². The molecule has 1 saturated heterocycles. The lowest BCUT2D eigenvalue weighted by Gasteiger charge is -2.32. The van der Waals surface area contributed by atoms with Gasteiger partial charge >= 0.3 is 0 Å². The van der Waals surface area contributed by atoms with Crippen molar-refractivity contribution < 1.29 is 4.79 Å². The first-order valence-electron chi connectivity index (χ1n) is 8.65. The molecule has 0 bridgehead atoms. The number of nitrogens with zero attached hydrogens (tertiary/aromatic N) is 1. The Labute approximate surface area is 142 Å². The zero-order valence-electron chi connectivity index (χ0n) is 13.9. The fourth-order valence-electron chi connectivity index (χ4n) is 3.49. The molecule has 0 spiro atoms. The highest BCUT2D eigenvalue weighted by Gasteiger charge is 2.21. The Morgan fingerprint density at radius 1 is 1.30 bits per heavy atom. The molecule has 2 heterocycles. The molecule has 2 aromatic rings. The van der Waals surface area contributed by atoms with Crippen molar-refractivity contribution >= 4 is 27.3 Å². The van der Waals surface area contributed by atoms with Gasteiger partial charge in [-0.1, -0.05) is 18.2 Å². The van der Waals surface area contributed by atoms with Crippen LogP contribution in [0.25, 0.3) is 10.1 Å². The maximum absolute atomic E-state index is 12.4. The molecule has 1 fully saturated rings. The standard InChI is InChI=1S/C19H26N2OS/c1-20-13-15-9-11-21(12-10-15)19(22)8-4-5-16-14-23-18-7-3-2-6-17(16)18/h2-3,6-7,14-15,20H,4-5,8-13H2,1H3. The highest BCUT2D eigenvalue weighted by atomic mass is 32.1. The Bertz CT molecular complexity index is 644. The van der Waals surface area contributed by atoms with E-state index in [0.29, 0.717) is 12.3 Å². The molecule has 3 nitrogen and oxygen atoms in total. The van der Waals surface area contributed by atoms with E-state index in [1.165, 1.54) is 15.6 Å². The summed E-state index contributed by atoms with van der Waals surface area (Å²) in [6.45, 7) is 2.95. The van der Waals surface area contributed by atoms with Gasteiger partial charge in [0.2, 0.25) is 5.91 Å². The van der Waals surface area contributed by atoms with E-state index in [0.717, 1.165) is 51.2 Å². The first-order valence-corrected chi connectivity index (χ1v) is 9.53. The monoisotopic (exact) mass is 330 g/mol. The van der Waals surface area contributed by atoms with Gasteiger partial charge in [0.25, 0.3) is 0 Å². The van der Waals surface area contributed by atoms with Gasteiger partial charge in [-0.2, -0.15) is 0 Å². The minimum atomic E-state index is 0.340.